The lowest BCUT2D eigenvalue weighted by Crippen LogP contribution is -2.38. The number of nitrogens with one attached hydrogen (secondary N) is 5. The summed E-state index contributed by atoms with van der Waals surface area (Å²) in [5, 5.41) is 21.3. The Kier molecular flexibility index (Phi) is 13.9. The first-order valence-corrected chi connectivity index (χ1v) is 21.7. The Labute approximate surface area is 338 Å². The lowest BCUT2D eigenvalue weighted by molar-refractivity contribution is 0.0322. The number of pyridine rings is 1. The van der Waals surface area contributed by atoms with Gasteiger partial charge in [0.25, 0.3) is 0 Å². The average molecular weight is 808 g/mol. The van der Waals surface area contributed by atoms with Crippen LogP contribution in [0, 0.1) is 11.3 Å². The number of amides is 2. The van der Waals surface area contributed by atoms with Crippen LogP contribution in [0.3, 0.4) is 0 Å². The third-order valence-electron chi connectivity index (χ3n) is 8.91. The summed E-state index contributed by atoms with van der Waals surface area (Å²) < 4.78 is 35.7. The van der Waals surface area contributed by atoms with Gasteiger partial charge >= 0.3 is 6.03 Å². The summed E-state index contributed by atoms with van der Waals surface area (Å²) in [5.74, 6) is 2.54. The lowest BCUT2D eigenvalue weighted by atomic mass is 10.1. The third kappa shape index (κ3) is 12.2. The minimum absolute atomic E-state index is 0.0771. The number of urea groups is 1. The predicted octanol–water partition coefficient (Wildman–Crippen LogP) is 8.15. The number of ether oxygens (including phenoxy) is 4. The van der Waals surface area contributed by atoms with Crippen LogP contribution in [-0.4, -0.2) is 91.5 Å². The zero-order chi connectivity index (χ0) is 41.1. The number of hydrogen-bond acceptors (Lipinski definition) is 13. The zero-order valence-corrected chi connectivity index (χ0v) is 34.3. The van der Waals surface area contributed by atoms with Gasteiger partial charge in [0.1, 0.15) is 29.7 Å². The highest BCUT2D eigenvalue weighted by Gasteiger charge is 2.16. The molecular formula is C42H50N9O6P. The Morgan fingerprint density at radius 1 is 0.966 bits per heavy atom. The smallest absolute Gasteiger partial charge is 0.324 e. The first kappa shape index (κ1) is 41.6. The summed E-state index contributed by atoms with van der Waals surface area (Å²) in [7, 11) is -0.701. The molecule has 0 spiro atoms. The van der Waals surface area contributed by atoms with Crippen molar-refractivity contribution in [3.63, 3.8) is 0 Å². The number of carbonyl (C=O) groups is 1. The number of methoxy groups -OCH3 is 1. The number of hydrogen-bond donors (Lipinski definition) is 5. The Morgan fingerprint density at radius 2 is 1.78 bits per heavy atom. The number of anilines is 4. The highest BCUT2D eigenvalue weighted by Crippen LogP contribution is 2.40. The number of fused-ring (bicyclic) bond motifs is 1. The van der Waals surface area contributed by atoms with Crippen LogP contribution in [0.5, 0.6) is 23.1 Å². The fraction of sp³-hybridized carbons (Fsp3) is 0.310. The Morgan fingerprint density at radius 3 is 2.55 bits per heavy atom. The van der Waals surface area contributed by atoms with Gasteiger partial charge in [0, 0.05) is 84.9 Å². The molecule has 2 aromatic heterocycles. The normalized spacial score (nSPS) is 13.5. The molecule has 5 aromatic rings. The molecule has 0 saturated carbocycles. The number of carbonyl (C=O) groups excluding carboxylic acids is 1. The summed E-state index contributed by atoms with van der Waals surface area (Å²) in [4.78, 5) is 29.3. The van der Waals surface area contributed by atoms with Crippen LogP contribution in [0.25, 0.3) is 10.9 Å². The van der Waals surface area contributed by atoms with Gasteiger partial charge in [-0.25, -0.2) is 9.78 Å². The molecule has 58 heavy (non-hydrogen) atoms. The summed E-state index contributed by atoms with van der Waals surface area (Å²) in [6, 6.07) is 21.2. The summed E-state index contributed by atoms with van der Waals surface area (Å²) >= 11 is 0. The average Bonchev–Trinajstić information content (AvgIpc) is 3.18. The van der Waals surface area contributed by atoms with E-state index in [1.807, 2.05) is 62.4 Å². The molecule has 0 unspecified atom stereocenters. The van der Waals surface area contributed by atoms with Gasteiger partial charge in [-0.15, -0.1) is 0 Å². The SMILES string of the molecule is COc1cc(Nc2nccc(Oc3ccc(NC(=O)N/C(=C/C(=N)C(C)C)Nc4cccc(CP(C)(C)=O)c4)c4ncccc34)n2)cc(OCCN2CCOCC2)c1. The van der Waals surface area contributed by atoms with Crippen molar-refractivity contribution >= 4 is 52.8 Å². The molecule has 0 radical (unpaired) electrons. The van der Waals surface area contributed by atoms with Crippen LogP contribution < -0.4 is 35.5 Å². The highest BCUT2D eigenvalue weighted by atomic mass is 31.2. The van der Waals surface area contributed by atoms with Gasteiger partial charge in [0.2, 0.25) is 11.8 Å². The largest absolute Gasteiger partial charge is 0.497 e. The number of nitrogens with zero attached hydrogens (tertiary/aromatic N) is 4. The first-order chi connectivity index (χ1) is 27.9. The van der Waals surface area contributed by atoms with Crippen molar-refractivity contribution in [1.29, 1.82) is 5.41 Å². The van der Waals surface area contributed by atoms with Crippen LogP contribution in [0.2, 0.25) is 0 Å². The van der Waals surface area contributed by atoms with E-state index in [4.69, 9.17) is 24.4 Å². The van der Waals surface area contributed by atoms with E-state index in [2.05, 4.69) is 41.1 Å². The van der Waals surface area contributed by atoms with Crippen molar-refractivity contribution in [3.8, 4) is 23.1 Å². The monoisotopic (exact) mass is 807 g/mol. The molecule has 1 aliphatic rings. The van der Waals surface area contributed by atoms with Crippen LogP contribution >= 0.6 is 7.14 Å². The van der Waals surface area contributed by atoms with Crippen molar-refractivity contribution in [2.45, 2.75) is 20.0 Å². The van der Waals surface area contributed by atoms with Gasteiger partial charge in [-0.1, -0.05) is 26.0 Å². The molecule has 304 valence electrons. The van der Waals surface area contributed by atoms with Crippen LogP contribution in [0.4, 0.5) is 27.8 Å². The van der Waals surface area contributed by atoms with E-state index in [9.17, 15) is 9.36 Å². The van der Waals surface area contributed by atoms with Crippen molar-refractivity contribution in [1.82, 2.24) is 25.2 Å². The minimum atomic E-state index is -2.30. The van der Waals surface area contributed by atoms with Gasteiger partial charge < -0.3 is 44.9 Å². The fourth-order valence-corrected chi connectivity index (χ4v) is 7.12. The fourth-order valence-electron chi connectivity index (χ4n) is 6.04. The summed E-state index contributed by atoms with van der Waals surface area (Å²) in [5.41, 5.74) is 3.51. The van der Waals surface area contributed by atoms with Crippen molar-refractivity contribution in [2.24, 2.45) is 5.92 Å². The van der Waals surface area contributed by atoms with E-state index < -0.39 is 13.2 Å². The molecular weight excluding hydrogens is 757 g/mol. The number of morpholine rings is 1. The maximum Gasteiger partial charge on any atom is 0.324 e. The Hall–Kier alpha value is -6.02. The van der Waals surface area contributed by atoms with Crippen LogP contribution in [0.1, 0.15) is 19.4 Å². The first-order valence-electron chi connectivity index (χ1n) is 19.0. The van der Waals surface area contributed by atoms with Crippen LogP contribution in [-0.2, 0) is 15.5 Å². The highest BCUT2D eigenvalue weighted by molar-refractivity contribution is 7.61. The molecule has 1 fully saturated rings. The molecule has 16 heteroatoms. The number of benzene rings is 3. The standard InChI is InChI=1S/C42H50N9O6P/c1-28(2)35(43)26-38(46-30-9-6-8-29(22-30)27-58(4,5)53)49-42(52)48-36-11-12-37(34-10-7-14-44-40(34)36)57-39-13-15-45-41(50-39)47-31-23-32(54-3)25-33(24-31)56-21-18-51-16-19-55-20-17-51/h6-15,22-26,28,43,46H,16-21,27H2,1-5H3,(H,45,47,50)(H2,48,49,52)/b38-26+,43-35?. The van der Waals surface area contributed by atoms with E-state index >= 15 is 0 Å². The Bertz CT molecular complexity index is 2310. The number of aromatic nitrogens is 3. The molecule has 3 aromatic carbocycles. The zero-order valence-electron chi connectivity index (χ0n) is 33.4. The summed E-state index contributed by atoms with van der Waals surface area (Å²) in [6.07, 6.45) is 5.24. The van der Waals surface area contributed by atoms with Crippen molar-refractivity contribution in [2.75, 3.05) is 75.8 Å². The van der Waals surface area contributed by atoms with Gasteiger partial charge in [0.15, 0.2) is 0 Å². The molecule has 15 nitrogen and oxygen atoms in total. The topological polar surface area (TPSA) is 185 Å². The molecule has 0 aliphatic carbocycles. The van der Waals surface area contributed by atoms with Gasteiger partial charge in [-0.2, -0.15) is 4.98 Å². The van der Waals surface area contributed by atoms with Gasteiger partial charge in [-0.05, 0) is 67.3 Å². The number of allylic oxidation sites excluding steroid dienone is 1. The molecule has 1 aliphatic heterocycles. The summed E-state index contributed by atoms with van der Waals surface area (Å²) in [6.45, 7) is 11.9. The van der Waals surface area contributed by atoms with Gasteiger partial charge in [-0.3, -0.25) is 15.2 Å². The Balaban J connectivity index is 1.14. The third-order valence-corrected chi connectivity index (χ3v) is 10.0. The molecule has 0 bridgehead atoms. The molecule has 6 rings (SSSR count). The van der Waals surface area contributed by atoms with E-state index in [-0.39, 0.29) is 11.8 Å². The van der Waals surface area contributed by atoms with Gasteiger partial charge in [0.05, 0.1) is 38.7 Å². The van der Waals surface area contributed by atoms with Crippen LogP contribution in [0.15, 0.2) is 97.1 Å². The maximum absolute atomic E-state index is 13.5. The molecule has 1 saturated heterocycles. The van der Waals surface area contributed by atoms with E-state index in [0.29, 0.717) is 75.5 Å². The maximum atomic E-state index is 13.5. The molecule has 2 amide bonds. The quantitative estimate of drug-likeness (QED) is 0.0449. The molecule has 0 atom stereocenters. The van der Waals surface area contributed by atoms with E-state index in [1.165, 1.54) is 0 Å². The second-order valence-electron chi connectivity index (χ2n) is 14.5. The second-order valence-corrected chi connectivity index (χ2v) is 17.9. The van der Waals surface area contributed by atoms with Crippen molar-refractivity contribution < 1.29 is 28.3 Å². The predicted molar refractivity (Wildman–Crippen MR) is 229 cm³/mol. The van der Waals surface area contributed by atoms with Crippen molar-refractivity contribution in [3.05, 3.63) is 103 Å². The minimum Gasteiger partial charge on any atom is -0.497 e. The second kappa shape index (κ2) is 19.4. The van der Waals surface area contributed by atoms with E-state index in [1.54, 1.807) is 63.2 Å². The molecule has 5 N–H and O–H groups in total. The van der Waals surface area contributed by atoms with E-state index in [0.717, 1.165) is 38.4 Å². The number of rotatable bonds is 17. The molecule has 3 heterocycles. The lowest BCUT2D eigenvalue weighted by Gasteiger charge is -2.26.